The van der Waals surface area contributed by atoms with Crippen molar-refractivity contribution in [1.82, 2.24) is 9.88 Å². The van der Waals surface area contributed by atoms with Crippen LogP contribution in [0.4, 0.5) is 0 Å². The van der Waals surface area contributed by atoms with Gasteiger partial charge in [-0.2, -0.15) is 0 Å². The van der Waals surface area contributed by atoms with Crippen LogP contribution in [0.25, 0.3) is 0 Å². The maximum atomic E-state index is 5.61. The molecule has 0 saturated carbocycles. The Hall–Kier alpha value is 0.460. The molecule has 2 nitrogen and oxygen atoms in total. The Balaban J connectivity index is 0. The molecule has 0 aliphatic heterocycles. The maximum Gasteiger partial charge on any atom is 0.107 e. The van der Waals surface area contributed by atoms with Crippen molar-refractivity contribution >= 4 is 47.8 Å². The SMILES string of the molecule is CN(C)Cc1nc(CCl)cs1.Cl.Cl. The van der Waals surface area contributed by atoms with Crippen molar-refractivity contribution in [2.24, 2.45) is 0 Å². The molecule has 1 heterocycles. The molecule has 0 atom stereocenters. The minimum Gasteiger partial charge on any atom is -0.303 e. The minimum atomic E-state index is 0. The van der Waals surface area contributed by atoms with E-state index in [4.69, 9.17) is 11.6 Å². The first-order valence-electron chi connectivity index (χ1n) is 3.36. The first kappa shape index (κ1) is 15.9. The molecule has 13 heavy (non-hydrogen) atoms. The summed E-state index contributed by atoms with van der Waals surface area (Å²) in [5.74, 6) is 0.518. The van der Waals surface area contributed by atoms with Gasteiger partial charge in [-0.25, -0.2) is 4.98 Å². The number of hydrogen-bond donors (Lipinski definition) is 0. The van der Waals surface area contributed by atoms with E-state index in [2.05, 4.69) is 9.88 Å². The van der Waals surface area contributed by atoms with Crippen molar-refractivity contribution in [3.05, 3.63) is 16.1 Å². The van der Waals surface area contributed by atoms with E-state index >= 15 is 0 Å². The Kier molecular flexibility index (Phi) is 9.58. The summed E-state index contributed by atoms with van der Waals surface area (Å²) in [6.07, 6.45) is 0. The lowest BCUT2D eigenvalue weighted by Gasteiger charge is -2.04. The van der Waals surface area contributed by atoms with Gasteiger partial charge >= 0.3 is 0 Å². The molecule has 0 amide bonds. The zero-order valence-electron chi connectivity index (χ0n) is 7.49. The number of nitrogens with zero attached hydrogens (tertiary/aromatic N) is 2. The average molecular weight is 264 g/mol. The zero-order chi connectivity index (χ0) is 8.27. The Bertz CT molecular complexity index is 227. The fourth-order valence-electron chi connectivity index (χ4n) is 0.753. The summed E-state index contributed by atoms with van der Waals surface area (Å²) < 4.78 is 0. The van der Waals surface area contributed by atoms with Gasteiger partial charge in [-0.3, -0.25) is 0 Å². The van der Waals surface area contributed by atoms with Gasteiger partial charge in [0.15, 0.2) is 0 Å². The third kappa shape index (κ3) is 5.70. The predicted octanol–water partition coefficient (Wildman–Crippen LogP) is 2.79. The normalized spacial score (nSPS) is 9.23. The third-order valence-electron chi connectivity index (χ3n) is 1.19. The number of halogens is 3. The summed E-state index contributed by atoms with van der Waals surface area (Å²) in [7, 11) is 4.06. The Morgan fingerprint density at radius 1 is 1.46 bits per heavy atom. The lowest BCUT2D eigenvalue weighted by molar-refractivity contribution is 0.401. The molecule has 0 bridgehead atoms. The highest BCUT2D eigenvalue weighted by Gasteiger charge is 2.00. The zero-order valence-corrected chi connectivity index (χ0v) is 10.7. The fraction of sp³-hybridized carbons (Fsp3) is 0.571. The van der Waals surface area contributed by atoms with Crippen molar-refractivity contribution in [2.75, 3.05) is 14.1 Å². The molecule has 0 spiro atoms. The van der Waals surface area contributed by atoms with E-state index in [0.717, 1.165) is 17.2 Å². The highest BCUT2D eigenvalue weighted by molar-refractivity contribution is 7.09. The molecule has 0 aliphatic carbocycles. The number of alkyl halides is 1. The molecule has 6 heteroatoms. The molecule has 1 aromatic heterocycles. The first-order valence-corrected chi connectivity index (χ1v) is 4.77. The fourth-order valence-corrected chi connectivity index (χ4v) is 1.89. The monoisotopic (exact) mass is 262 g/mol. The van der Waals surface area contributed by atoms with Crippen molar-refractivity contribution in [3.8, 4) is 0 Å². The van der Waals surface area contributed by atoms with Crippen molar-refractivity contribution in [2.45, 2.75) is 12.4 Å². The van der Waals surface area contributed by atoms with Crippen molar-refractivity contribution in [3.63, 3.8) is 0 Å². The molecule has 0 radical (unpaired) electrons. The summed E-state index contributed by atoms with van der Waals surface area (Å²) >= 11 is 7.27. The molecule has 0 N–H and O–H groups in total. The minimum absolute atomic E-state index is 0. The van der Waals surface area contributed by atoms with Crippen molar-refractivity contribution < 1.29 is 0 Å². The van der Waals surface area contributed by atoms with Gasteiger partial charge in [-0.15, -0.1) is 47.8 Å². The van der Waals surface area contributed by atoms with Crippen LogP contribution < -0.4 is 0 Å². The molecule has 0 unspecified atom stereocenters. The molecule has 1 rings (SSSR count). The van der Waals surface area contributed by atoms with Gasteiger partial charge in [-0.1, -0.05) is 0 Å². The van der Waals surface area contributed by atoms with Gasteiger partial charge in [0.25, 0.3) is 0 Å². The number of aromatic nitrogens is 1. The Labute approximate surface area is 100 Å². The van der Waals surface area contributed by atoms with Gasteiger partial charge in [0.05, 0.1) is 11.6 Å². The van der Waals surface area contributed by atoms with Gasteiger partial charge in [0, 0.05) is 11.9 Å². The first-order chi connectivity index (χ1) is 5.22. The van der Waals surface area contributed by atoms with Crippen LogP contribution in [0.15, 0.2) is 5.38 Å². The number of rotatable bonds is 3. The predicted molar refractivity (Wildman–Crippen MR) is 63.6 cm³/mol. The Morgan fingerprint density at radius 2 is 2.08 bits per heavy atom. The largest absolute Gasteiger partial charge is 0.303 e. The molecule has 0 fully saturated rings. The second kappa shape index (κ2) is 7.83. The summed E-state index contributed by atoms with van der Waals surface area (Å²) in [5.41, 5.74) is 0.980. The summed E-state index contributed by atoms with van der Waals surface area (Å²) in [4.78, 5) is 6.41. The van der Waals surface area contributed by atoms with Gasteiger partial charge in [-0.05, 0) is 14.1 Å². The van der Waals surface area contributed by atoms with E-state index in [1.54, 1.807) is 11.3 Å². The van der Waals surface area contributed by atoms with Crippen LogP contribution in [-0.4, -0.2) is 24.0 Å². The van der Waals surface area contributed by atoms with Crippen molar-refractivity contribution in [1.29, 1.82) is 0 Å². The van der Waals surface area contributed by atoms with Crippen LogP contribution in [0.1, 0.15) is 10.7 Å². The molecular weight excluding hydrogens is 251 g/mol. The molecular formula is C7H13Cl3N2S. The van der Waals surface area contributed by atoms with E-state index in [9.17, 15) is 0 Å². The van der Waals surface area contributed by atoms with Crippen LogP contribution in [-0.2, 0) is 12.4 Å². The highest BCUT2D eigenvalue weighted by Crippen LogP contribution is 2.12. The van der Waals surface area contributed by atoms with Crippen LogP contribution in [0.3, 0.4) is 0 Å². The summed E-state index contributed by atoms with van der Waals surface area (Å²) in [6, 6.07) is 0. The van der Waals surface area contributed by atoms with E-state index < -0.39 is 0 Å². The molecule has 0 aromatic carbocycles. The molecule has 0 aliphatic rings. The Morgan fingerprint density at radius 3 is 2.46 bits per heavy atom. The third-order valence-corrected chi connectivity index (χ3v) is 2.34. The topological polar surface area (TPSA) is 16.1 Å². The van der Waals surface area contributed by atoms with Gasteiger partial charge < -0.3 is 4.90 Å². The van der Waals surface area contributed by atoms with Crippen LogP contribution in [0.2, 0.25) is 0 Å². The lowest BCUT2D eigenvalue weighted by atomic mass is 10.5. The maximum absolute atomic E-state index is 5.61. The standard InChI is InChI=1S/C7H11ClN2S.2ClH/c1-10(2)4-7-9-6(3-8)5-11-7;;/h5H,3-4H2,1-2H3;2*1H. The van der Waals surface area contributed by atoms with Crippen LogP contribution in [0, 0.1) is 0 Å². The second-order valence-corrected chi connectivity index (χ2v) is 3.81. The summed E-state index contributed by atoms with van der Waals surface area (Å²) in [5, 5.41) is 3.14. The average Bonchev–Trinajstić information content (AvgIpc) is 2.34. The lowest BCUT2D eigenvalue weighted by Crippen LogP contribution is -2.10. The van der Waals surface area contributed by atoms with E-state index in [1.165, 1.54) is 0 Å². The van der Waals surface area contributed by atoms with E-state index in [0.29, 0.717) is 5.88 Å². The van der Waals surface area contributed by atoms with Gasteiger partial charge in [0.1, 0.15) is 5.01 Å². The smallest absolute Gasteiger partial charge is 0.107 e. The quantitative estimate of drug-likeness (QED) is 0.780. The van der Waals surface area contributed by atoms with Crippen LogP contribution in [0.5, 0.6) is 0 Å². The molecule has 78 valence electrons. The molecule has 0 saturated heterocycles. The van der Waals surface area contributed by atoms with E-state index in [1.807, 2.05) is 19.5 Å². The van der Waals surface area contributed by atoms with Gasteiger partial charge in [0.2, 0.25) is 0 Å². The van der Waals surface area contributed by atoms with Crippen LogP contribution >= 0.6 is 47.8 Å². The number of thiazole rings is 1. The molecule has 1 aromatic rings. The number of hydrogen-bond acceptors (Lipinski definition) is 3. The second-order valence-electron chi connectivity index (χ2n) is 2.60. The van der Waals surface area contributed by atoms with E-state index in [-0.39, 0.29) is 24.8 Å². The highest BCUT2D eigenvalue weighted by atomic mass is 35.5. The summed E-state index contributed by atoms with van der Waals surface area (Å²) in [6.45, 7) is 0.904.